The van der Waals surface area contributed by atoms with Crippen LogP contribution in [0.5, 0.6) is 0 Å². The van der Waals surface area contributed by atoms with Gasteiger partial charge in [-0.1, -0.05) is 53.7 Å². The topological polar surface area (TPSA) is 56.2 Å². The van der Waals surface area contributed by atoms with Crippen LogP contribution < -0.4 is 4.90 Å². The van der Waals surface area contributed by atoms with Crippen molar-refractivity contribution in [1.82, 2.24) is 9.47 Å². The first kappa shape index (κ1) is 26.0. The molecule has 1 aromatic carbocycles. The van der Waals surface area contributed by atoms with E-state index in [1.165, 1.54) is 6.26 Å². The summed E-state index contributed by atoms with van der Waals surface area (Å²) in [6, 6.07) is 7.26. The largest absolute Gasteiger partial charge is 0.381 e. The first-order valence-electron chi connectivity index (χ1n) is 13.0. The van der Waals surface area contributed by atoms with E-state index in [9.17, 15) is 8.42 Å². The Kier molecular flexibility index (Phi) is 7.26. The maximum Gasteiger partial charge on any atom is 0.175 e. The lowest BCUT2D eigenvalue weighted by Gasteiger charge is -2.52. The summed E-state index contributed by atoms with van der Waals surface area (Å²) in [6.45, 7) is 18.1. The summed E-state index contributed by atoms with van der Waals surface area (Å²) in [5.41, 5.74) is 3.01. The van der Waals surface area contributed by atoms with Gasteiger partial charge in [-0.25, -0.2) is 13.4 Å². The van der Waals surface area contributed by atoms with Gasteiger partial charge < -0.3 is 14.4 Å². The summed E-state index contributed by atoms with van der Waals surface area (Å²) >= 11 is 0. The van der Waals surface area contributed by atoms with Crippen molar-refractivity contribution in [3.05, 3.63) is 48.7 Å². The zero-order valence-corrected chi connectivity index (χ0v) is 24.2. The highest BCUT2D eigenvalue weighted by Crippen LogP contribution is 2.48. The van der Waals surface area contributed by atoms with Crippen LogP contribution >= 0.6 is 0 Å². The Bertz CT molecular complexity index is 1080. The number of nitrogens with zero attached hydrogens (tertiary/aromatic N) is 4. The smallest absolute Gasteiger partial charge is 0.175 e. The van der Waals surface area contributed by atoms with Crippen molar-refractivity contribution in [2.45, 2.75) is 69.2 Å². The lowest BCUT2D eigenvalue weighted by Crippen LogP contribution is -2.61. The van der Waals surface area contributed by atoms with Crippen LogP contribution in [0.2, 0.25) is 16.6 Å². The highest BCUT2D eigenvalue weighted by Gasteiger charge is 2.52. The van der Waals surface area contributed by atoms with Gasteiger partial charge in [0, 0.05) is 44.0 Å². The number of fused-ring (bicyclic) bond motifs is 1. The van der Waals surface area contributed by atoms with Crippen molar-refractivity contribution >= 4 is 29.6 Å². The zero-order valence-electron chi connectivity index (χ0n) is 22.3. The molecule has 192 valence electrons. The first-order chi connectivity index (χ1) is 16.5. The monoisotopic (exact) mass is 514 g/mol. The molecule has 1 aromatic rings. The molecule has 1 saturated heterocycles. The van der Waals surface area contributed by atoms with Crippen molar-refractivity contribution in [3.8, 4) is 0 Å². The molecule has 0 aromatic heterocycles. The third-order valence-electron chi connectivity index (χ3n) is 8.29. The molecular weight excluding hydrogens is 472 g/mol. The zero-order chi connectivity index (χ0) is 25.5. The Hall–Kier alpha value is -2.06. The van der Waals surface area contributed by atoms with E-state index in [1.807, 2.05) is 12.1 Å². The molecule has 3 aliphatic rings. The summed E-state index contributed by atoms with van der Waals surface area (Å²) in [6.07, 6.45) is 10.7. The summed E-state index contributed by atoms with van der Waals surface area (Å²) in [5, 5.41) is 0. The molecule has 0 saturated carbocycles. The van der Waals surface area contributed by atoms with E-state index in [4.69, 9.17) is 4.99 Å². The molecule has 0 radical (unpaired) electrons. The number of amidine groups is 1. The number of rotatable bonds is 6. The van der Waals surface area contributed by atoms with Crippen LogP contribution in [0.15, 0.2) is 58.6 Å². The van der Waals surface area contributed by atoms with E-state index in [0.29, 0.717) is 27.4 Å². The molecule has 0 aliphatic carbocycles. The van der Waals surface area contributed by atoms with E-state index in [2.05, 4.69) is 80.3 Å². The van der Waals surface area contributed by atoms with Crippen LogP contribution in [0.4, 0.5) is 5.69 Å². The van der Waals surface area contributed by atoms with E-state index >= 15 is 0 Å². The second-order valence-corrected chi connectivity index (χ2v) is 18.9. The fourth-order valence-electron chi connectivity index (χ4n) is 6.79. The Morgan fingerprint density at radius 1 is 0.857 bits per heavy atom. The number of benzene rings is 1. The molecule has 3 aliphatic heterocycles. The van der Waals surface area contributed by atoms with Gasteiger partial charge in [-0.3, -0.25) is 0 Å². The molecule has 0 bridgehead atoms. The molecular formula is C27H42N4O2SSi. The van der Waals surface area contributed by atoms with E-state index in [-0.39, 0.29) is 6.17 Å². The van der Waals surface area contributed by atoms with Gasteiger partial charge in [0.2, 0.25) is 0 Å². The van der Waals surface area contributed by atoms with Crippen molar-refractivity contribution in [2.24, 2.45) is 10.9 Å². The van der Waals surface area contributed by atoms with Gasteiger partial charge in [-0.05, 0) is 53.2 Å². The fourth-order valence-corrected chi connectivity index (χ4v) is 14.2. The van der Waals surface area contributed by atoms with Crippen molar-refractivity contribution in [3.63, 3.8) is 0 Å². The second kappa shape index (κ2) is 9.77. The minimum Gasteiger partial charge on any atom is -0.381 e. The summed E-state index contributed by atoms with van der Waals surface area (Å²) in [4.78, 5) is 10.5. The Morgan fingerprint density at radius 3 is 1.91 bits per heavy atom. The van der Waals surface area contributed by atoms with Crippen LogP contribution in [0, 0.1) is 5.92 Å². The van der Waals surface area contributed by atoms with Gasteiger partial charge >= 0.3 is 0 Å². The third-order valence-corrected chi connectivity index (χ3v) is 16.3. The second-order valence-electron chi connectivity index (χ2n) is 11.2. The number of dihydropyridines is 1. The molecule has 0 N–H and O–H groups in total. The first-order valence-corrected chi connectivity index (χ1v) is 17.1. The molecule has 0 spiro atoms. The number of aliphatic imine (C=N–C) groups is 1. The molecule has 6 nitrogen and oxygen atoms in total. The van der Waals surface area contributed by atoms with E-state index < -0.39 is 18.1 Å². The fraction of sp³-hybridized carbons (Fsp3) is 0.593. The molecule has 4 rings (SSSR count). The van der Waals surface area contributed by atoms with Crippen molar-refractivity contribution in [2.75, 3.05) is 37.3 Å². The van der Waals surface area contributed by atoms with Gasteiger partial charge in [0.1, 0.15) is 12.0 Å². The third kappa shape index (κ3) is 4.71. The number of anilines is 1. The van der Waals surface area contributed by atoms with E-state index in [0.717, 1.165) is 37.7 Å². The molecule has 3 heterocycles. The SMILES string of the molecule is CC(C)[Si](C(C)C)(C(C)C)N1C=CC2C=CC(N3CCN(c4ccc(S(C)(=O)=O)cc4)CC3)=NC21. The van der Waals surface area contributed by atoms with Crippen LogP contribution in [0.25, 0.3) is 0 Å². The highest BCUT2D eigenvalue weighted by atomic mass is 32.2. The Balaban J connectivity index is 1.49. The Labute approximate surface area is 213 Å². The van der Waals surface area contributed by atoms with Gasteiger partial charge in [-0.15, -0.1) is 0 Å². The van der Waals surface area contributed by atoms with Crippen molar-refractivity contribution < 1.29 is 8.42 Å². The summed E-state index contributed by atoms with van der Waals surface area (Å²) in [5.74, 6) is 1.46. The van der Waals surface area contributed by atoms with Crippen LogP contribution in [-0.4, -0.2) is 70.6 Å². The average molecular weight is 515 g/mol. The van der Waals surface area contributed by atoms with Crippen LogP contribution in [0.1, 0.15) is 41.5 Å². The standard InChI is InChI=1S/C27H42N4O2SSi/c1-20(2)35(21(3)4,22(5)6)31-15-14-23-8-13-26(28-27(23)31)30-18-16-29(17-19-30)24-9-11-25(12-10-24)34(7,32)33/h8-15,20-23,27H,16-19H2,1-7H3. The minimum atomic E-state index is -3.17. The predicted molar refractivity (Wildman–Crippen MR) is 149 cm³/mol. The minimum absolute atomic E-state index is 0.176. The van der Waals surface area contributed by atoms with Gasteiger partial charge in [0.15, 0.2) is 18.1 Å². The van der Waals surface area contributed by atoms with E-state index in [1.54, 1.807) is 12.1 Å². The van der Waals surface area contributed by atoms with Gasteiger partial charge in [0.25, 0.3) is 0 Å². The average Bonchev–Trinajstić information content (AvgIpc) is 3.22. The molecule has 0 amide bonds. The van der Waals surface area contributed by atoms with Crippen LogP contribution in [0.3, 0.4) is 0 Å². The number of hydrogen-bond donors (Lipinski definition) is 0. The molecule has 8 heteroatoms. The number of hydrogen-bond acceptors (Lipinski definition) is 6. The molecule has 2 atom stereocenters. The predicted octanol–water partition coefficient (Wildman–Crippen LogP) is 5.13. The maximum atomic E-state index is 11.8. The number of sulfone groups is 1. The maximum absolute atomic E-state index is 11.8. The van der Waals surface area contributed by atoms with Gasteiger partial charge in [0.05, 0.1) is 4.90 Å². The highest BCUT2D eigenvalue weighted by molar-refractivity contribution is 7.90. The number of piperazine rings is 1. The lowest BCUT2D eigenvalue weighted by atomic mass is 10.1. The molecule has 35 heavy (non-hydrogen) atoms. The molecule has 2 unspecified atom stereocenters. The lowest BCUT2D eigenvalue weighted by molar-refractivity contribution is 0.350. The summed E-state index contributed by atoms with van der Waals surface area (Å²) < 4.78 is 26.2. The molecule has 1 fully saturated rings. The van der Waals surface area contributed by atoms with Gasteiger partial charge in [-0.2, -0.15) is 0 Å². The van der Waals surface area contributed by atoms with Crippen molar-refractivity contribution in [1.29, 1.82) is 0 Å². The summed E-state index contributed by atoms with van der Waals surface area (Å²) in [7, 11) is -4.99. The van der Waals surface area contributed by atoms with Crippen LogP contribution in [-0.2, 0) is 9.84 Å². The quantitative estimate of drug-likeness (QED) is 0.493. The Morgan fingerprint density at radius 2 is 1.40 bits per heavy atom. The normalized spacial score (nSPS) is 23.0.